The Bertz CT molecular complexity index is 695. The van der Waals surface area contributed by atoms with Crippen molar-refractivity contribution in [3.63, 3.8) is 0 Å². The van der Waals surface area contributed by atoms with Gasteiger partial charge in [-0.05, 0) is 6.92 Å². The topological polar surface area (TPSA) is 93.0 Å². The summed E-state index contributed by atoms with van der Waals surface area (Å²) in [5.41, 5.74) is 0.814. The summed E-state index contributed by atoms with van der Waals surface area (Å²) < 4.78 is 27.7. The maximum atomic E-state index is 12.4. The first-order valence-corrected chi connectivity index (χ1v) is 7.87. The van der Waals surface area contributed by atoms with E-state index in [1.165, 1.54) is 23.7 Å². The van der Waals surface area contributed by atoms with Crippen LogP contribution in [0.4, 0.5) is 5.95 Å². The molecule has 0 aromatic carbocycles. The minimum Gasteiger partial charge on any atom is -0.355 e. The summed E-state index contributed by atoms with van der Waals surface area (Å²) in [6.07, 6.45) is 6.02. The first-order valence-electron chi connectivity index (χ1n) is 6.43. The van der Waals surface area contributed by atoms with E-state index < -0.39 is 10.0 Å². The van der Waals surface area contributed by atoms with E-state index in [9.17, 15) is 8.42 Å². The molecule has 8 nitrogen and oxygen atoms in total. The molecule has 0 aliphatic rings. The van der Waals surface area contributed by atoms with Crippen LogP contribution in [0.5, 0.6) is 0 Å². The lowest BCUT2D eigenvalue weighted by Crippen LogP contribution is -2.26. The zero-order valence-corrected chi connectivity index (χ0v) is 13.0. The van der Waals surface area contributed by atoms with Crippen LogP contribution in [0.3, 0.4) is 0 Å². The molecular formula is C12H18N6O2S. The number of sulfonamides is 1. The van der Waals surface area contributed by atoms with Gasteiger partial charge in [0, 0.05) is 38.9 Å². The molecule has 2 heterocycles. The van der Waals surface area contributed by atoms with Crippen LogP contribution >= 0.6 is 0 Å². The molecule has 114 valence electrons. The van der Waals surface area contributed by atoms with Crippen LogP contribution in [0.25, 0.3) is 0 Å². The summed E-state index contributed by atoms with van der Waals surface area (Å²) >= 11 is 0. The quantitative estimate of drug-likeness (QED) is 0.833. The molecule has 0 fully saturated rings. The highest BCUT2D eigenvalue weighted by atomic mass is 32.2. The summed E-state index contributed by atoms with van der Waals surface area (Å²) in [7, 11) is -0.319. The van der Waals surface area contributed by atoms with Gasteiger partial charge in [-0.2, -0.15) is 9.40 Å². The molecule has 0 saturated carbocycles. The van der Waals surface area contributed by atoms with Crippen molar-refractivity contribution in [2.45, 2.75) is 18.4 Å². The number of aryl methyl sites for hydroxylation is 1. The number of hydrogen-bond acceptors (Lipinski definition) is 6. The molecule has 0 saturated heterocycles. The van der Waals surface area contributed by atoms with E-state index in [1.54, 1.807) is 24.1 Å². The van der Waals surface area contributed by atoms with Crippen molar-refractivity contribution < 1.29 is 8.42 Å². The third kappa shape index (κ3) is 3.56. The second kappa shape index (κ2) is 6.19. The Morgan fingerprint density at radius 2 is 1.95 bits per heavy atom. The molecule has 0 radical (unpaired) electrons. The molecule has 0 spiro atoms. The minimum atomic E-state index is -3.62. The number of hydrogen-bond donors (Lipinski definition) is 1. The van der Waals surface area contributed by atoms with Crippen molar-refractivity contribution >= 4 is 16.0 Å². The van der Waals surface area contributed by atoms with E-state index in [-0.39, 0.29) is 11.4 Å². The van der Waals surface area contributed by atoms with Crippen molar-refractivity contribution in [2.75, 3.05) is 18.9 Å². The SMILES string of the molecule is CCNc1ncc(S(=O)(=O)N(C)Cc2cnn(C)c2)cn1. The number of rotatable bonds is 6. The molecule has 0 aliphatic heterocycles. The molecule has 0 bridgehead atoms. The molecule has 2 rings (SSSR count). The molecule has 9 heteroatoms. The molecule has 0 amide bonds. The number of nitrogens with one attached hydrogen (secondary N) is 1. The maximum Gasteiger partial charge on any atom is 0.246 e. The molecular weight excluding hydrogens is 292 g/mol. The molecule has 2 aromatic rings. The van der Waals surface area contributed by atoms with E-state index >= 15 is 0 Å². The predicted molar refractivity (Wildman–Crippen MR) is 78.1 cm³/mol. The van der Waals surface area contributed by atoms with E-state index in [4.69, 9.17) is 0 Å². The van der Waals surface area contributed by atoms with Gasteiger partial charge in [-0.25, -0.2) is 18.4 Å². The van der Waals surface area contributed by atoms with Crippen molar-refractivity contribution in [1.82, 2.24) is 24.1 Å². The molecule has 2 aromatic heterocycles. The second-order valence-electron chi connectivity index (χ2n) is 4.56. The molecule has 1 N–H and O–H groups in total. The van der Waals surface area contributed by atoms with Gasteiger partial charge in [0.2, 0.25) is 16.0 Å². The average molecular weight is 310 g/mol. The Morgan fingerprint density at radius 1 is 1.29 bits per heavy atom. The van der Waals surface area contributed by atoms with Gasteiger partial charge in [-0.1, -0.05) is 0 Å². The van der Waals surface area contributed by atoms with Gasteiger partial charge in [0.15, 0.2) is 0 Å². The Hall–Kier alpha value is -2.00. The third-order valence-electron chi connectivity index (χ3n) is 2.83. The van der Waals surface area contributed by atoms with Gasteiger partial charge in [0.05, 0.1) is 18.6 Å². The van der Waals surface area contributed by atoms with E-state index in [1.807, 2.05) is 6.92 Å². The number of nitrogens with zero attached hydrogens (tertiary/aromatic N) is 5. The average Bonchev–Trinajstić information content (AvgIpc) is 2.85. The van der Waals surface area contributed by atoms with Crippen molar-refractivity contribution in [2.24, 2.45) is 7.05 Å². The lowest BCUT2D eigenvalue weighted by molar-refractivity contribution is 0.466. The smallest absolute Gasteiger partial charge is 0.246 e. The lowest BCUT2D eigenvalue weighted by Gasteiger charge is -2.16. The summed E-state index contributed by atoms with van der Waals surface area (Å²) in [4.78, 5) is 8.03. The molecule has 0 unspecified atom stereocenters. The first-order chi connectivity index (χ1) is 9.93. The zero-order chi connectivity index (χ0) is 15.5. The van der Waals surface area contributed by atoms with Crippen LogP contribution < -0.4 is 5.32 Å². The highest BCUT2D eigenvalue weighted by Crippen LogP contribution is 2.15. The normalized spacial score (nSPS) is 11.8. The van der Waals surface area contributed by atoms with Crippen molar-refractivity contribution in [1.29, 1.82) is 0 Å². The largest absolute Gasteiger partial charge is 0.355 e. The van der Waals surface area contributed by atoms with Crippen LogP contribution in [-0.4, -0.2) is 46.1 Å². The van der Waals surface area contributed by atoms with Crippen LogP contribution in [-0.2, 0) is 23.6 Å². The Balaban J connectivity index is 2.16. The highest BCUT2D eigenvalue weighted by Gasteiger charge is 2.22. The fraction of sp³-hybridized carbons (Fsp3) is 0.417. The van der Waals surface area contributed by atoms with Gasteiger partial charge < -0.3 is 5.32 Å². The van der Waals surface area contributed by atoms with Crippen LogP contribution in [0, 0.1) is 0 Å². The van der Waals surface area contributed by atoms with Crippen LogP contribution in [0.1, 0.15) is 12.5 Å². The van der Waals surface area contributed by atoms with Gasteiger partial charge in [-0.15, -0.1) is 0 Å². The maximum absolute atomic E-state index is 12.4. The van der Waals surface area contributed by atoms with E-state index in [0.717, 1.165) is 5.56 Å². The summed E-state index contributed by atoms with van der Waals surface area (Å²) in [5.74, 6) is 0.409. The Kier molecular flexibility index (Phi) is 4.53. The fourth-order valence-electron chi connectivity index (χ4n) is 1.77. The summed E-state index contributed by atoms with van der Waals surface area (Å²) in [6, 6.07) is 0. The second-order valence-corrected chi connectivity index (χ2v) is 6.60. The third-order valence-corrected chi connectivity index (χ3v) is 4.59. The van der Waals surface area contributed by atoms with Gasteiger partial charge in [-0.3, -0.25) is 4.68 Å². The van der Waals surface area contributed by atoms with E-state index in [2.05, 4.69) is 20.4 Å². The zero-order valence-electron chi connectivity index (χ0n) is 12.2. The Morgan fingerprint density at radius 3 is 2.48 bits per heavy atom. The lowest BCUT2D eigenvalue weighted by atomic mass is 10.4. The van der Waals surface area contributed by atoms with Crippen LogP contribution in [0.2, 0.25) is 0 Å². The molecule has 21 heavy (non-hydrogen) atoms. The molecule has 0 aliphatic carbocycles. The van der Waals surface area contributed by atoms with Crippen molar-refractivity contribution in [3.05, 3.63) is 30.4 Å². The standard InChI is InChI=1S/C12H18N6O2S/c1-4-13-12-14-6-11(7-15-12)21(19,20)18(3)9-10-5-16-17(2)8-10/h5-8H,4,9H2,1-3H3,(H,13,14,15). The monoisotopic (exact) mass is 310 g/mol. The first kappa shape index (κ1) is 15.4. The predicted octanol–water partition coefficient (Wildman–Crippen LogP) is 0.463. The van der Waals surface area contributed by atoms with Crippen molar-refractivity contribution in [3.8, 4) is 0 Å². The van der Waals surface area contributed by atoms with E-state index in [0.29, 0.717) is 12.5 Å². The number of anilines is 1. The van der Waals surface area contributed by atoms with Gasteiger partial charge >= 0.3 is 0 Å². The van der Waals surface area contributed by atoms with Gasteiger partial charge in [0.25, 0.3) is 0 Å². The van der Waals surface area contributed by atoms with Crippen LogP contribution in [0.15, 0.2) is 29.7 Å². The molecule has 0 atom stereocenters. The van der Waals surface area contributed by atoms with Gasteiger partial charge in [0.1, 0.15) is 4.90 Å². The Labute approximate surface area is 123 Å². The highest BCUT2D eigenvalue weighted by molar-refractivity contribution is 7.89. The number of aromatic nitrogens is 4. The summed E-state index contributed by atoms with van der Waals surface area (Å²) in [5, 5.41) is 6.94. The fourth-order valence-corrected chi connectivity index (χ4v) is 2.83. The summed E-state index contributed by atoms with van der Waals surface area (Å²) in [6.45, 7) is 2.83. The minimum absolute atomic E-state index is 0.0653.